The molecule has 2 aromatic carbocycles. The minimum Gasteiger partial charge on any atom is -0.497 e. The molecule has 0 fully saturated rings. The van der Waals surface area contributed by atoms with Crippen molar-refractivity contribution in [3.05, 3.63) is 60.4 Å². The highest BCUT2D eigenvalue weighted by Gasteiger charge is 2.06. The Morgan fingerprint density at radius 3 is 2.87 bits per heavy atom. The maximum Gasteiger partial charge on any atom is 0.228 e. The molecule has 7 heteroatoms. The van der Waals surface area contributed by atoms with Crippen LogP contribution in [0.2, 0.25) is 0 Å². The van der Waals surface area contributed by atoms with E-state index in [0.29, 0.717) is 5.69 Å². The SMILES string of the molecule is COc1cccc(CC(=O)Nc2cccc(-n3cnnn3)c2)c1. The van der Waals surface area contributed by atoms with E-state index in [1.807, 2.05) is 42.5 Å². The summed E-state index contributed by atoms with van der Waals surface area (Å²) < 4.78 is 6.68. The standard InChI is InChI=1S/C16H15N5O2/c1-23-15-7-2-4-12(8-15)9-16(22)18-13-5-3-6-14(10-13)21-11-17-19-20-21/h2-8,10-11H,9H2,1H3,(H,18,22). The fourth-order valence-electron chi connectivity index (χ4n) is 2.18. The molecule has 0 spiro atoms. The highest BCUT2D eigenvalue weighted by atomic mass is 16.5. The minimum atomic E-state index is -0.105. The summed E-state index contributed by atoms with van der Waals surface area (Å²) in [5.74, 6) is 0.628. The number of anilines is 1. The van der Waals surface area contributed by atoms with E-state index in [4.69, 9.17) is 4.74 Å². The molecule has 23 heavy (non-hydrogen) atoms. The van der Waals surface area contributed by atoms with Crippen molar-refractivity contribution in [2.24, 2.45) is 0 Å². The molecule has 1 amide bonds. The molecule has 7 nitrogen and oxygen atoms in total. The van der Waals surface area contributed by atoms with Crippen LogP contribution in [0.1, 0.15) is 5.56 Å². The fourth-order valence-corrected chi connectivity index (χ4v) is 2.18. The molecule has 1 N–H and O–H groups in total. The second-order valence-corrected chi connectivity index (χ2v) is 4.88. The first-order valence-corrected chi connectivity index (χ1v) is 7.01. The van der Waals surface area contributed by atoms with E-state index >= 15 is 0 Å². The number of benzene rings is 2. The lowest BCUT2D eigenvalue weighted by Crippen LogP contribution is -2.14. The van der Waals surface area contributed by atoms with Crippen LogP contribution >= 0.6 is 0 Å². The summed E-state index contributed by atoms with van der Waals surface area (Å²) in [5, 5.41) is 13.9. The van der Waals surface area contributed by atoms with Crippen LogP contribution in [-0.4, -0.2) is 33.2 Å². The molecule has 0 radical (unpaired) electrons. The summed E-state index contributed by atoms with van der Waals surface area (Å²) in [6.45, 7) is 0. The zero-order valence-corrected chi connectivity index (χ0v) is 12.5. The Balaban J connectivity index is 1.69. The van der Waals surface area contributed by atoms with Crippen LogP contribution in [0.25, 0.3) is 5.69 Å². The summed E-state index contributed by atoms with van der Waals surface area (Å²) in [6, 6.07) is 14.7. The molecule has 0 unspecified atom stereocenters. The number of hydrogen-bond donors (Lipinski definition) is 1. The molecular weight excluding hydrogens is 294 g/mol. The van der Waals surface area contributed by atoms with E-state index in [-0.39, 0.29) is 12.3 Å². The third-order valence-electron chi connectivity index (χ3n) is 3.24. The zero-order valence-electron chi connectivity index (χ0n) is 12.5. The first kappa shape index (κ1) is 14.7. The van der Waals surface area contributed by atoms with Gasteiger partial charge in [-0.1, -0.05) is 18.2 Å². The summed E-state index contributed by atoms with van der Waals surface area (Å²) >= 11 is 0. The van der Waals surface area contributed by atoms with Crippen LogP contribution in [-0.2, 0) is 11.2 Å². The van der Waals surface area contributed by atoms with E-state index < -0.39 is 0 Å². The van der Waals surface area contributed by atoms with Gasteiger partial charge in [-0.3, -0.25) is 4.79 Å². The Bertz CT molecular complexity index is 802. The molecule has 3 rings (SSSR count). The molecule has 0 aliphatic heterocycles. The molecule has 0 atom stereocenters. The predicted octanol–water partition coefficient (Wildman–Crippen LogP) is 1.85. The van der Waals surface area contributed by atoms with Crippen molar-refractivity contribution in [1.29, 1.82) is 0 Å². The van der Waals surface area contributed by atoms with E-state index in [2.05, 4.69) is 20.8 Å². The molecule has 0 bridgehead atoms. The number of rotatable bonds is 5. The molecule has 1 aromatic heterocycles. The smallest absolute Gasteiger partial charge is 0.228 e. The first-order valence-electron chi connectivity index (χ1n) is 7.01. The van der Waals surface area contributed by atoms with Crippen LogP contribution in [0.15, 0.2) is 54.9 Å². The number of methoxy groups -OCH3 is 1. The van der Waals surface area contributed by atoms with E-state index in [1.165, 1.54) is 11.0 Å². The van der Waals surface area contributed by atoms with Crippen molar-refractivity contribution >= 4 is 11.6 Å². The maximum absolute atomic E-state index is 12.2. The largest absolute Gasteiger partial charge is 0.497 e. The van der Waals surface area contributed by atoms with Gasteiger partial charge >= 0.3 is 0 Å². The number of hydrogen-bond acceptors (Lipinski definition) is 5. The molecule has 0 saturated heterocycles. The van der Waals surface area contributed by atoms with Gasteiger partial charge in [-0.05, 0) is 46.3 Å². The Morgan fingerprint density at radius 2 is 2.09 bits per heavy atom. The number of aromatic nitrogens is 4. The topological polar surface area (TPSA) is 81.9 Å². The van der Waals surface area contributed by atoms with Crippen molar-refractivity contribution in [2.75, 3.05) is 12.4 Å². The summed E-state index contributed by atoms with van der Waals surface area (Å²) in [5.41, 5.74) is 2.35. The quantitative estimate of drug-likeness (QED) is 0.778. The Hall–Kier alpha value is -3.22. The molecule has 0 saturated carbocycles. The average molecular weight is 309 g/mol. The monoisotopic (exact) mass is 309 g/mol. The number of carbonyl (C=O) groups is 1. The number of ether oxygens (including phenoxy) is 1. The van der Waals surface area contributed by atoms with Crippen LogP contribution in [0.3, 0.4) is 0 Å². The molecule has 0 aliphatic carbocycles. The Labute approximate surface area is 132 Å². The van der Waals surface area contributed by atoms with E-state index in [1.54, 1.807) is 13.2 Å². The van der Waals surface area contributed by atoms with Gasteiger partial charge in [0, 0.05) is 5.69 Å². The van der Waals surface area contributed by atoms with Crippen LogP contribution < -0.4 is 10.1 Å². The van der Waals surface area contributed by atoms with Gasteiger partial charge in [0.1, 0.15) is 12.1 Å². The third-order valence-corrected chi connectivity index (χ3v) is 3.24. The average Bonchev–Trinajstić information content (AvgIpc) is 3.09. The zero-order chi connectivity index (χ0) is 16.1. The lowest BCUT2D eigenvalue weighted by atomic mass is 10.1. The summed E-state index contributed by atoms with van der Waals surface area (Å²) in [6.07, 6.45) is 1.77. The highest BCUT2D eigenvalue weighted by Crippen LogP contribution is 2.16. The number of nitrogens with one attached hydrogen (secondary N) is 1. The van der Waals surface area contributed by atoms with Gasteiger partial charge in [0.2, 0.25) is 5.91 Å². The van der Waals surface area contributed by atoms with Gasteiger partial charge in [-0.25, -0.2) is 4.68 Å². The normalized spacial score (nSPS) is 10.3. The van der Waals surface area contributed by atoms with Crippen molar-refractivity contribution in [2.45, 2.75) is 6.42 Å². The minimum absolute atomic E-state index is 0.105. The van der Waals surface area contributed by atoms with E-state index in [0.717, 1.165) is 17.0 Å². The van der Waals surface area contributed by atoms with Gasteiger partial charge in [-0.15, -0.1) is 5.10 Å². The fraction of sp³-hybridized carbons (Fsp3) is 0.125. The Morgan fingerprint density at radius 1 is 1.22 bits per heavy atom. The number of tetrazole rings is 1. The predicted molar refractivity (Wildman–Crippen MR) is 84.5 cm³/mol. The van der Waals surface area contributed by atoms with Gasteiger partial charge in [0.05, 0.1) is 19.2 Å². The summed E-state index contributed by atoms with van der Waals surface area (Å²) in [4.78, 5) is 12.2. The molecule has 1 heterocycles. The molecule has 0 aliphatic rings. The first-order chi connectivity index (χ1) is 11.2. The number of nitrogens with zero attached hydrogens (tertiary/aromatic N) is 4. The van der Waals surface area contributed by atoms with Crippen molar-refractivity contribution < 1.29 is 9.53 Å². The van der Waals surface area contributed by atoms with Crippen LogP contribution in [0, 0.1) is 0 Å². The second kappa shape index (κ2) is 6.69. The number of carbonyl (C=O) groups excluding carboxylic acids is 1. The van der Waals surface area contributed by atoms with Crippen molar-refractivity contribution in [3.8, 4) is 11.4 Å². The van der Waals surface area contributed by atoms with Crippen molar-refractivity contribution in [1.82, 2.24) is 20.2 Å². The molecule has 116 valence electrons. The van der Waals surface area contributed by atoms with Crippen LogP contribution in [0.5, 0.6) is 5.75 Å². The number of amides is 1. The van der Waals surface area contributed by atoms with Crippen molar-refractivity contribution in [3.63, 3.8) is 0 Å². The maximum atomic E-state index is 12.2. The van der Waals surface area contributed by atoms with Gasteiger partial charge in [-0.2, -0.15) is 0 Å². The molecule has 3 aromatic rings. The third kappa shape index (κ3) is 3.70. The van der Waals surface area contributed by atoms with E-state index in [9.17, 15) is 4.79 Å². The highest BCUT2D eigenvalue weighted by molar-refractivity contribution is 5.92. The van der Waals surface area contributed by atoms with Gasteiger partial charge in [0.25, 0.3) is 0 Å². The molecular formula is C16H15N5O2. The second-order valence-electron chi connectivity index (χ2n) is 4.88. The lowest BCUT2D eigenvalue weighted by molar-refractivity contribution is -0.115. The van der Waals surface area contributed by atoms with Gasteiger partial charge < -0.3 is 10.1 Å². The lowest BCUT2D eigenvalue weighted by Gasteiger charge is -2.08. The Kier molecular flexibility index (Phi) is 4.28. The summed E-state index contributed by atoms with van der Waals surface area (Å²) in [7, 11) is 1.60. The van der Waals surface area contributed by atoms with Gasteiger partial charge in [0.15, 0.2) is 0 Å². The van der Waals surface area contributed by atoms with Crippen LogP contribution in [0.4, 0.5) is 5.69 Å².